The number of rotatable bonds is 0. The largest absolute Gasteiger partial charge is 0.443 e. The highest BCUT2D eigenvalue weighted by Gasteiger charge is 2.20. The lowest BCUT2D eigenvalue weighted by molar-refractivity contribution is 0.0544. The van der Waals surface area contributed by atoms with Crippen molar-refractivity contribution < 1.29 is 9.53 Å². The van der Waals surface area contributed by atoms with Crippen LogP contribution in [0.25, 0.3) is 10.9 Å². The number of nitrogens with zero attached hydrogens (tertiary/aromatic N) is 1. The fraction of sp³-hybridized carbons (Fsp3) is 0.308. The van der Waals surface area contributed by atoms with Crippen LogP contribution in [0.2, 0.25) is 10.0 Å². The first-order valence-electron chi connectivity index (χ1n) is 5.58. The van der Waals surface area contributed by atoms with Crippen LogP contribution in [-0.2, 0) is 4.74 Å². The van der Waals surface area contributed by atoms with E-state index in [-0.39, 0.29) is 0 Å². The Bertz CT molecular complexity index is 659. The van der Waals surface area contributed by atoms with Crippen LogP contribution in [0.15, 0.2) is 18.3 Å². The molecule has 2 aromatic rings. The van der Waals surface area contributed by atoms with Gasteiger partial charge in [0, 0.05) is 15.2 Å². The van der Waals surface area contributed by atoms with Gasteiger partial charge in [-0.15, -0.1) is 0 Å². The van der Waals surface area contributed by atoms with Gasteiger partial charge in [-0.2, -0.15) is 0 Å². The van der Waals surface area contributed by atoms with Crippen molar-refractivity contribution in [2.75, 3.05) is 0 Å². The topological polar surface area (TPSA) is 31.2 Å². The minimum absolute atomic E-state index is 0.411. The van der Waals surface area contributed by atoms with Gasteiger partial charge in [0.2, 0.25) is 0 Å². The first kappa shape index (κ1) is 14.9. The van der Waals surface area contributed by atoms with Gasteiger partial charge in [0.25, 0.3) is 0 Å². The molecular formula is C13H12Cl2INO2. The maximum atomic E-state index is 12.1. The summed E-state index contributed by atoms with van der Waals surface area (Å²) in [6.07, 6.45) is 1.28. The van der Waals surface area contributed by atoms with E-state index in [9.17, 15) is 4.79 Å². The van der Waals surface area contributed by atoms with Crippen LogP contribution in [-0.4, -0.2) is 16.3 Å². The Morgan fingerprint density at radius 3 is 2.42 bits per heavy atom. The van der Waals surface area contributed by atoms with Gasteiger partial charge in [-0.25, -0.2) is 4.79 Å². The molecule has 1 aromatic heterocycles. The van der Waals surface area contributed by atoms with Crippen molar-refractivity contribution >= 4 is 62.8 Å². The zero-order valence-electron chi connectivity index (χ0n) is 10.6. The molecule has 102 valence electrons. The van der Waals surface area contributed by atoms with Gasteiger partial charge in [0.15, 0.2) is 0 Å². The van der Waals surface area contributed by atoms with Gasteiger partial charge < -0.3 is 4.74 Å². The predicted octanol–water partition coefficient (Wildman–Crippen LogP) is 5.34. The summed E-state index contributed by atoms with van der Waals surface area (Å²) >= 11 is 14.1. The van der Waals surface area contributed by atoms with Gasteiger partial charge in [-0.1, -0.05) is 23.2 Å². The molecule has 2 rings (SSSR count). The van der Waals surface area contributed by atoms with Crippen molar-refractivity contribution in [1.29, 1.82) is 0 Å². The Labute approximate surface area is 135 Å². The third-order valence-corrected chi connectivity index (χ3v) is 3.97. The molecule has 0 saturated heterocycles. The Morgan fingerprint density at radius 2 is 1.84 bits per heavy atom. The second-order valence-electron chi connectivity index (χ2n) is 5.11. The summed E-state index contributed by atoms with van der Waals surface area (Å²) in [6.45, 7) is 5.47. The van der Waals surface area contributed by atoms with Crippen LogP contribution in [0.3, 0.4) is 0 Å². The third-order valence-electron chi connectivity index (χ3n) is 2.39. The standard InChI is InChI=1S/C13H12Cl2INO2/c1-13(2,3)19-12(18)17-6-10(16)7-4-8(14)9(15)5-11(7)17/h4-6H,1-3H3. The third kappa shape index (κ3) is 3.17. The lowest BCUT2D eigenvalue weighted by atomic mass is 10.2. The molecule has 0 aliphatic rings. The zero-order valence-corrected chi connectivity index (χ0v) is 14.3. The quantitative estimate of drug-likeness (QED) is 0.548. The molecule has 3 nitrogen and oxygen atoms in total. The number of benzene rings is 1. The number of ether oxygens (including phenoxy) is 1. The maximum absolute atomic E-state index is 12.1. The van der Waals surface area contributed by atoms with E-state index in [2.05, 4.69) is 22.6 Å². The van der Waals surface area contributed by atoms with Gasteiger partial charge in [-0.3, -0.25) is 4.57 Å². The predicted molar refractivity (Wildman–Crippen MR) is 86.3 cm³/mol. The smallest absolute Gasteiger partial charge is 0.419 e. The van der Waals surface area contributed by atoms with Crippen LogP contribution < -0.4 is 0 Å². The molecule has 1 aromatic carbocycles. The summed E-state index contributed by atoms with van der Waals surface area (Å²) < 4.78 is 7.72. The van der Waals surface area contributed by atoms with E-state index >= 15 is 0 Å². The SMILES string of the molecule is CC(C)(C)OC(=O)n1cc(I)c2cc(Cl)c(Cl)cc21. The highest BCUT2D eigenvalue weighted by Crippen LogP contribution is 2.32. The molecule has 0 aliphatic carbocycles. The minimum atomic E-state index is -0.546. The molecule has 0 atom stereocenters. The number of hydrogen-bond acceptors (Lipinski definition) is 2. The van der Waals surface area contributed by atoms with Crippen molar-refractivity contribution in [3.63, 3.8) is 0 Å². The van der Waals surface area contributed by atoms with Crippen molar-refractivity contribution in [2.45, 2.75) is 26.4 Å². The molecule has 0 radical (unpaired) electrons. The molecule has 0 N–H and O–H groups in total. The number of carbonyl (C=O) groups excluding carboxylic acids is 1. The summed E-state index contributed by atoms with van der Waals surface area (Å²) in [7, 11) is 0. The number of fused-ring (bicyclic) bond motifs is 1. The monoisotopic (exact) mass is 411 g/mol. The Kier molecular flexibility index (Phi) is 4.05. The highest BCUT2D eigenvalue weighted by molar-refractivity contribution is 14.1. The number of carbonyl (C=O) groups is 1. The average molecular weight is 412 g/mol. The molecule has 0 aliphatic heterocycles. The van der Waals surface area contributed by atoms with E-state index < -0.39 is 11.7 Å². The van der Waals surface area contributed by atoms with Crippen molar-refractivity contribution in [3.05, 3.63) is 31.9 Å². The lowest BCUT2D eigenvalue weighted by Gasteiger charge is -2.19. The molecule has 0 bridgehead atoms. The van der Waals surface area contributed by atoms with E-state index in [1.165, 1.54) is 4.57 Å². The Morgan fingerprint density at radius 1 is 1.26 bits per heavy atom. The number of halogens is 3. The Hall–Kier alpha value is -0.460. The maximum Gasteiger partial charge on any atom is 0.419 e. The second-order valence-corrected chi connectivity index (χ2v) is 7.09. The summed E-state index contributed by atoms with van der Waals surface area (Å²) in [5.41, 5.74) is 0.142. The fourth-order valence-corrected chi connectivity index (χ4v) is 2.67. The lowest BCUT2D eigenvalue weighted by Crippen LogP contribution is -2.26. The fourth-order valence-electron chi connectivity index (χ4n) is 1.64. The molecule has 0 fully saturated rings. The summed E-state index contributed by atoms with van der Waals surface area (Å²) in [5, 5.41) is 1.75. The molecule has 0 spiro atoms. The normalized spacial score (nSPS) is 11.9. The molecule has 19 heavy (non-hydrogen) atoms. The second kappa shape index (κ2) is 5.14. The van der Waals surface area contributed by atoms with Crippen LogP contribution in [0.1, 0.15) is 20.8 Å². The van der Waals surface area contributed by atoms with E-state index in [0.29, 0.717) is 15.6 Å². The van der Waals surface area contributed by atoms with Gasteiger partial charge >= 0.3 is 6.09 Å². The van der Waals surface area contributed by atoms with Crippen molar-refractivity contribution in [1.82, 2.24) is 4.57 Å². The number of hydrogen-bond donors (Lipinski definition) is 0. The van der Waals surface area contributed by atoms with E-state index in [1.54, 1.807) is 18.3 Å². The summed E-state index contributed by atoms with van der Waals surface area (Å²) in [4.78, 5) is 12.1. The van der Waals surface area contributed by atoms with Crippen LogP contribution >= 0.6 is 45.8 Å². The van der Waals surface area contributed by atoms with E-state index in [0.717, 1.165) is 8.96 Å². The highest BCUT2D eigenvalue weighted by atomic mass is 127. The average Bonchev–Trinajstić information content (AvgIpc) is 2.55. The number of aromatic nitrogens is 1. The van der Waals surface area contributed by atoms with Gasteiger partial charge in [0.05, 0.1) is 15.6 Å². The molecular weight excluding hydrogens is 400 g/mol. The molecule has 1 heterocycles. The Balaban J connectivity index is 2.56. The van der Waals surface area contributed by atoms with Crippen molar-refractivity contribution in [2.24, 2.45) is 0 Å². The van der Waals surface area contributed by atoms with E-state index in [4.69, 9.17) is 27.9 Å². The first-order chi connectivity index (χ1) is 8.69. The van der Waals surface area contributed by atoms with E-state index in [1.807, 2.05) is 20.8 Å². The van der Waals surface area contributed by atoms with Crippen LogP contribution in [0.4, 0.5) is 4.79 Å². The van der Waals surface area contributed by atoms with Crippen molar-refractivity contribution in [3.8, 4) is 0 Å². The molecule has 0 unspecified atom stereocenters. The first-order valence-corrected chi connectivity index (χ1v) is 7.41. The van der Waals surface area contributed by atoms with Crippen LogP contribution in [0, 0.1) is 3.57 Å². The molecule has 0 saturated carbocycles. The minimum Gasteiger partial charge on any atom is -0.443 e. The molecule has 0 amide bonds. The summed E-state index contributed by atoms with van der Waals surface area (Å²) in [6, 6.07) is 3.42. The van der Waals surface area contributed by atoms with Gasteiger partial charge in [-0.05, 0) is 55.5 Å². The van der Waals surface area contributed by atoms with Crippen LogP contribution in [0.5, 0.6) is 0 Å². The molecule has 6 heteroatoms. The van der Waals surface area contributed by atoms with Gasteiger partial charge in [0.1, 0.15) is 5.60 Å². The zero-order chi connectivity index (χ0) is 14.4. The summed E-state index contributed by atoms with van der Waals surface area (Å²) in [5.74, 6) is 0.